The van der Waals surface area contributed by atoms with Gasteiger partial charge in [-0.05, 0) is 57.9 Å². The van der Waals surface area contributed by atoms with Crippen molar-refractivity contribution in [3.8, 4) is 23.2 Å². The van der Waals surface area contributed by atoms with Crippen LogP contribution in [0.5, 0.6) is 6.01 Å². The Morgan fingerprint density at radius 2 is 2.04 bits per heavy atom. The van der Waals surface area contributed by atoms with Gasteiger partial charge in [0.1, 0.15) is 52.8 Å². The zero-order chi connectivity index (χ0) is 35.0. The lowest BCUT2D eigenvalue weighted by Gasteiger charge is -2.31. The molecule has 4 atom stereocenters. The Balaban J connectivity index is 1.36. The molecule has 1 amide bonds. The number of hydrogen-bond donors (Lipinski definition) is 1. The van der Waals surface area contributed by atoms with Crippen LogP contribution in [0.25, 0.3) is 32.1 Å². The van der Waals surface area contributed by atoms with Crippen molar-refractivity contribution < 1.29 is 31.8 Å². The van der Waals surface area contributed by atoms with E-state index in [2.05, 4.69) is 20.2 Å². The molecule has 258 valence electrons. The summed E-state index contributed by atoms with van der Waals surface area (Å²) in [7, 11) is 1.64. The quantitative estimate of drug-likeness (QED) is 0.191. The first-order valence-corrected chi connectivity index (χ1v) is 17.1. The van der Waals surface area contributed by atoms with Crippen LogP contribution in [0.15, 0.2) is 18.2 Å². The van der Waals surface area contributed by atoms with Gasteiger partial charge in [0, 0.05) is 42.8 Å². The van der Waals surface area contributed by atoms with Crippen LogP contribution in [0.3, 0.4) is 0 Å². The zero-order valence-corrected chi connectivity index (χ0v) is 28.7. The molecule has 2 aromatic heterocycles. The predicted molar refractivity (Wildman–Crippen MR) is 180 cm³/mol. The smallest absolute Gasteiger partial charge is 0.412 e. The number of benzene rings is 2. The minimum Gasteiger partial charge on any atom is -0.461 e. The fourth-order valence-electron chi connectivity index (χ4n) is 7.07. The Kier molecular flexibility index (Phi) is 8.31. The van der Waals surface area contributed by atoms with E-state index < -0.39 is 47.3 Å². The number of anilines is 2. The number of carbonyl (C=O) groups excluding carboxylic acids is 1. The van der Waals surface area contributed by atoms with Crippen LogP contribution < -0.4 is 15.0 Å². The second-order valence-corrected chi connectivity index (χ2v) is 15.3. The van der Waals surface area contributed by atoms with E-state index in [1.54, 1.807) is 32.7 Å². The van der Waals surface area contributed by atoms with Crippen molar-refractivity contribution >= 4 is 60.8 Å². The number of hydrogen-bond acceptors (Lipinski definition) is 9. The van der Waals surface area contributed by atoms with Crippen LogP contribution in [0.1, 0.15) is 52.0 Å². The summed E-state index contributed by atoms with van der Waals surface area (Å²) in [6.45, 7) is 6.18. The van der Waals surface area contributed by atoms with Gasteiger partial charge in [-0.2, -0.15) is 15.2 Å². The van der Waals surface area contributed by atoms with E-state index in [1.165, 1.54) is 12.1 Å². The first-order valence-electron chi connectivity index (χ1n) is 15.9. The minimum atomic E-state index is -1.09. The van der Waals surface area contributed by atoms with E-state index in [1.807, 2.05) is 6.07 Å². The van der Waals surface area contributed by atoms with Gasteiger partial charge in [0.15, 0.2) is 5.82 Å². The summed E-state index contributed by atoms with van der Waals surface area (Å²) in [4.78, 5) is 25.3. The zero-order valence-electron chi connectivity index (χ0n) is 27.2. The summed E-state index contributed by atoms with van der Waals surface area (Å²) in [5.41, 5.74) is -1.72. The molecule has 0 bridgehead atoms. The maximum Gasteiger partial charge on any atom is 0.412 e. The Morgan fingerprint density at radius 3 is 2.73 bits per heavy atom. The van der Waals surface area contributed by atoms with Crippen LogP contribution in [0.2, 0.25) is 5.02 Å². The van der Waals surface area contributed by atoms with Crippen LogP contribution in [-0.2, 0) is 4.74 Å². The summed E-state index contributed by atoms with van der Waals surface area (Å²) in [6.07, 6.45) is -0.716. The van der Waals surface area contributed by atoms with Crippen molar-refractivity contribution in [2.24, 2.45) is 0 Å². The molecular weight excluding hydrogens is 684 g/mol. The fourth-order valence-corrected chi connectivity index (χ4v) is 8.43. The van der Waals surface area contributed by atoms with Crippen molar-refractivity contribution in [2.45, 2.75) is 76.0 Å². The fraction of sp³-hybridized carbons (Fsp3) is 0.471. The third-order valence-corrected chi connectivity index (χ3v) is 10.8. The number of ether oxygens (including phenoxy) is 2. The van der Waals surface area contributed by atoms with E-state index in [0.717, 1.165) is 36.8 Å². The Bertz CT molecular complexity index is 2050. The summed E-state index contributed by atoms with van der Waals surface area (Å²) in [5, 5.41) is 12.9. The number of halogens is 5. The van der Waals surface area contributed by atoms with E-state index in [9.17, 15) is 18.8 Å². The average molecular weight is 717 g/mol. The molecule has 2 aromatic carbocycles. The molecule has 15 heteroatoms. The number of nitriles is 1. The van der Waals surface area contributed by atoms with Crippen LogP contribution >= 0.6 is 22.9 Å². The van der Waals surface area contributed by atoms with E-state index in [-0.39, 0.29) is 72.6 Å². The van der Waals surface area contributed by atoms with E-state index in [0.29, 0.717) is 13.0 Å². The third-order valence-electron chi connectivity index (χ3n) is 9.37. The molecule has 49 heavy (non-hydrogen) atoms. The topological polar surface area (TPSA) is 104 Å². The van der Waals surface area contributed by atoms with Gasteiger partial charge in [0.2, 0.25) is 0 Å². The largest absolute Gasteiger partial charge is 0.461 e. The second kappa shape index (κ2) is 12.1. The van der Waals surface area contributed by atoms with Crippen molar-refractivity contribution in [1.82, 2.24) is 14.9 Å². The molecule has 0 unspecified atom stereocenters. The summed E-state index contributed by atoms with van der Waals surface area (Å²) < 4.78 is 72.3. The molecule has 0 radical (unpaired) electrons. The Labute approximate surface area is 288 Å². The van der Waals surface area contributed by atoms with E-state index in [4.69, 9.17) is 21.1 Å². The van der Waals surface area contributed by atoms with Gasteiger partial charge in [-0.1, -0.05) is 17.7 Å². The Hall–Kier alpha value is -3.93. The highest BCUT2D eigenvalue weighted by Crippen LogP contribution is 2.47. The Morgan fingerprint density at radius 1 is 1.29 bits per heavy atom. The molecule has 3 aliphatic rings. The van der Waals surface area contributed by atoms with Crippen LogP contribution in [0.4, 0.5) is 33.2 Å². The van der Waals surface area contributed by atoms with Crippen LogP contribution in [0, 0.1) is 23.0 Å². The molecule has 1 saturated carbocycles. The van der Waals surface area contributed by atoms with Gasteiger partial charge in [0.25, 0.3) is 0 Å². The maximum atomic E-state index is 17.0. The molecule has 4 aromatic rings. The van der Waals surface area contributed by atoms with Gasteiger partial charge < -0.3 is 14.4 Å². The molecule has 4 heterocycles. The number of alkyl halides is 2. The highest BCUT2D eigenvalue weighted by atomic mass is 35.5. The molecular formula is C34H33ClF4N6O3S. The lowest BCUT2D eigenvalue weighted by atomic mass is 9.95. The molecule has 1 aliphatic carbocycles. The molecule has 9 nitrogen and oxygen atoms in total. The van der Waals surface area contributed by atoms with Crippen molar-refractivity contribution in [2.75, 3.05) is 37.0 Å². The number of thiophene rings is 1. The summed E-state index contributed by atoms with van der Waals surface area (Å²) in [6, 6.07) is 5.25. The standard InChI is InChI=1S/C34H33ClF4N6O3S/c1-33(2,3)48-32(46)43-30-19(13-40)24-17(6-7-21(37)28(24)49-30)25-20(35)10-18-27(26(25)39)41-31(42-29(18)44(4)23-11-22(23)38)47-15-34-8-5-9-45(34)14-16(36)12-34/h6-7,10,16,22-23H,5,8-9,11-12,14-15H2,1-4H3,(H,43,46)/t16-,22+,23+,34+/m1/s1. The van der Waals surface area contributed by atoms with Crippen molar-refractivity contribution in [1.29, 1.82) is 5.26 Å². The number of nitrogens with one attached hydrogen (secondary N) is 1. The van der Waals surface area contributed by atoms with Gasteiger partial charge in [-0.3, -0.25) is 10.2 Å². The average Bonchev–Trinajstić information content (AvgIpc) is 3.30. The van der Waals surface area contributed by atoms with Gasteiger partial charge in [-0.15, -0.1) is 11.3 Å². The number of nitrogens with zero attached hydrogens (tertiary/aromatic N) is 5. The lowest BCUT2D eigenvalue weighted by molar-refractivity contribution is 0.0636. The van der Waals surface area contributed by atoms with Gasteiger partial charge in [-0.25, -0.2) is 22.4 Å². The predicted octanol–water partition coefficient (Wildman–Crippen LogP) is 8.16. The van der Waals surface area contributed by atoms with Gasteiger partial charge in [0.05, 0.1) is 26.9 Å². The number of rotatable bonds is 7. The number of aromatic nitrogens is 2. The lowest BCUT2D eigenvalue weighted by Crippen LogP contribution is -2.43. The number of fused-ring (bicyclic) bond motifs is 3. The SMILES string of the molecule is CN(c1nc(OC[C@@]23CCCN2C[C@H](F)C3)nc2c(F)c(-c3ccc(F)c4sc(NC(=O)OC(C)(C)C)c(C#N)c34)c(Cl)cc12)[C@H]1C[C@@H]1F. The highest BCUT2D eigenvalue weighted by Gasteiger charge is 2.49. The van der Waals surface area contributed by atoms with Gasteiger partial charge >= 0.3 is 12.1 Å². The number of carbonyl (C=O) groups is 1. The van der Waals surface area contributed by atoms with Crippen LogP contribution in [-0.4, -0.2) is 77.2 Å². The molecule has 7 rings (SSSR count). The normalized spacial score (nSPS) is 23.5. The molecule has 2 aliphatic heterocycles. The van der Waals surface area contributed by atoms with Crippen molar-refractivity contribution in [3.63, 3.8) is 0 Å². The summed E-state index contributed by atoms with van der Waals surface area (Å²) in [5.74, 6) is -1.38. The molecule has 3 fully saturated rings. The maximum absolute atomic E-state index is 17.0. The van der Waals surface area contributed by atoms with Crippen molar-refractivity contribution in [3.05, 3.63) is 40.4 Å². The molecule has 1 N–H and O–H groups in total. The minimum absolute atomic E-state index is 0.00590. The molecule has 2 saturated heterocycles. The third kappa shape index (κ3) is 5.99. The number of amides is 1. The second-order valence-electron chi connectivity index (χ2n) is 13.9. The molecule has 0 spiro atoms. The van der Waals surface area contributed by atoms with E-state index >= 15 is 8.78 Å². The summed E-state index contributed by atoms with van der Waals surface area (Å²) >= 11 is 7.59. The monoisotopic (exact) mass is 716 g/mol. The first kappa shape index (κ1) is 33.6. The first-order chi connectivity index (χ1) is 23.2. The highest BCUT2D eigenvalue weighted by molar-refractivity contribution is 7.23.